The van der Waals surface area contributed by atoms with E-state index >= 15 is 0 Å². The van der Waals surface area contributed by atoms with Crippen LogP contribution in [0.3, 0.4) is 0 Å². The first-order valence-corrected chi connectivity index (χ1v) is 10.8. The van der Waals surface area contributed by atoms with Crippen LogP contribution in [0.5, 0.6) is 0 Å². The van der Waals surface area contributed by atoms with Gasteiger partial charge in [0.25, 0.3) is 0 Å². The zero-order valence-corrected chi connectivity index (χ0v) is 18.3. The Morgan fingerprint density at radius 2 is 1.00 bits per heavy atom. The molecule has 0 heterocycles. The van der Waals surface area contributed by atoms with Gasteiger partial charge in [-0.05, 0) is 52.5 Å². The van der Waals surface area contributed by atoms with Gasteiger partial charge < -0.3 is 0 Å². The first-order valence-electron chi connectivity index (χ1n) is 10.4. The van der Waals surface area contributed by atoms with Crippen molar-refractivity contribution in [1.29, 1.82) is 0 Å². The van der Waals surface area contributed by atoms with Crippen LogP contribution >= 0.6 is 12.2 Å². The van der Waals surface area contributed by atoms with Gasteiger partial charge in [-0.3, -0.25) is 0 Å². The van der Waals surface area contributed by atoms with Crippen LogP contribution in [-0.2, 0) is 0 Å². The molecular formula is C30H24S. The van der Waals surface area contributed by atoms with Crippen LogP contribution in [0.1, 0.15) is 27.8 Å². The molecule has 0 atom stereocenters. The molecule has 0 saturated heterocycles. The van der Waals surface area contributed by atoms with Crippen molar-refractivity contribution in [2.45, 2.75) is 6.92 Å². The average Bonchev–Trinajstić information content (AvgIpc) is 2.84. The van der Waals surface area contributed by atoms with Crippen molar-refractivity contribution in [3.8, 4) is 0 Å². The van der Waals surface area contributed by atoms with Crippen LogP contribution in [-0.4, -0.2) is 4.86 Å². The van der Waals surface area contributed by atoms with E-state index in [9.17, 15) is 0 Å². The Hall–Kier alpha value is -3.55. The lowest BCUT2D eigenvalue weighted by atomic mass is 9.89. The molecule has 1 heteroatoms. The van der Waals surface area contributed by atoms with Gasteiger partial charge in [0.2, 0.25) is 0 Å². The topological polar surface area (TPSA) is 0 Å². The predicted molar refractivity (Wildman–Crippen MR) is 138 cm³/mol. The average molecular weight is 417 g/mol. The summed E-state index contributed by atoms with van der Waals surface area (Å²) in [6.45, 7) is 2.11. The standard InChI is InChI=1S/C30H24S/c1-23-17-19-24(20-18-23)21-28(25-11-5-2-6-12-25)29(26-13-7-3-8-14-26)22-30(31)27-15-9-4-10-16-27/h2-22H,1H3/b28-21+,29-22-. The highest BCUT2D eigenvalue weighted by Gasteiger charge is 2.12. The second kappa shape index (κ2) is 9.97. The summed E-state index contributed by atoms with van der Waals surface area (Å²) in [5, 5.41) is 0. The summed E-state index contributed by atoms with van der Waals surface area (Å²) in [6.07, 6.45) is 4.38. The van der Waals surface area contributed by atoms with Gasteiger partial charge in [-0.25, -0.2) is 0 Å². The molecule has 0 fully saturated rings. The highest BCUT2D eigenvalue weighted by molar-refractivity contribution is 7.81. The summed E-state index contributed by atoms with van der Waals surface area (Å²) in [4.78, 5) is 0.824. The summed E-state index contributed by atoms with van der Waals surface area (Å²) < 4.78 is 0. The summed E-state index contributed by atoms with van der Waals surface area (Å²) in [7, 11) is 0. The van der Waals surface area contributed by atoms with Gasteiger partial charge in [-0.2, -0.15) is 0 Å². The van der Waals surface area contributed by atoms with Crippen molar-refractivity contribution < 1.29 is 0 Å². The van der Waals surface area contributed by atoms with Gasteiger partial charge in [0, 0.05) is 4.86 Å². The van der Waals surface area contributed by atoms with Crippen molar-refractivity contribution in [2.75, 3.05) is 0 Å². The fraction of sp³-hybridized carbons (Fsp3) is 0.0333. The van der Waals surface area contributed by atoms with Gasteiger partial charge in [-0.1, -0.05) is 133 Å². The van der Waals surface area contributed by atoms with Crippen molar-refractivity contribution in [1.82, 2.24) is 0 Å². The van der Waals surface area contributed by atoms with Gasteiger partial charge >= 0.3 is 0 Å². The largest absolute Gasteiger partial charge is 0.0794 e. The van der Waals surface area contributed by atoms with Crippen LogP contribution < -0.4 is 0 Å². The van der Waals surface area contributed by atoms with Gasteiger partial charge in [-0.15, -0.1) is 0 Å². The lowest BCUT2D eigenvalue weighted by molar-refractivity contribution is 1.46. The number of hydrogen-bond donors (Lipinski definition) is 0. The lowest BCUT2D eigenvalue weighted by Gasteiger charge is -2.15. The second-order valence-corrected chi connectivity index (χ2v) is 7.93. The van der Waals surface area contributed by atoms with E-state index in [1.807, 2.05) is 30.3 Å². The fourth-order valence-electron chi connectivity index (χ4n) is 3.51. The molecule has 4 aromatic rings. The zero-order valence-electron chi connectivity index (χ0n) is 17.5. The molecule has 0 aliphatic carbocycles. The first kappa shape index (κ1) is 20.7. The number of rotatable bonds is 6. The van der Waals surface area contributed by atoms with Crippen LogP contribution in [0, 0.1) is 6.92 Å². The number of aryl methyl sites for hydroxylation is 1. The number of benzene rings is 4. The molecular weight excluding hydrogens is 392 g/mol. The number of allylic oxidation sites excluding steroid dienone is 3. The molecule has 0 spiro atoms. The Kier molecular flexibility index (Phi) is 6.66. The predicted octanol–water partition coefficient (Wildman–Crippen LogP) is 8.04. The molecule has 4 rings (SSSR count). The van der Waals surface area contributed by atoms with E-state index in [2.05, 4.69) is 104 Å². The molecule has 0 nitrogen and oxygen atoms in total. The highest BCUT2D eigenvalue weighted by atomic mass is 32.1. The minimum Gasteiger partial charge on any atom is -0.0794 e. The molecule has 0 saturated carbocycles. The zero-order chi connectivity index (χ0) is 21.5. The summed E-state index contributed by atoms with van der Waals surface area (Å²) in [5.41, 5.74) is 8.03. The monoisotopic (exact) mass is 416 g/mol. The molecule has 0 aromatic heterocycles. The summed E-state index contributed by atoms with van der Waals surface area (Å²) in [5.74, 6) is 0. The van der Waals surface area contributed by atoms with E-state index in [1.54, 1.807) is 0 Å². The normalized spacial score (nSPS) is 11.9. The van der Waals surface area contributed by atoms with E-state index in [-0.39, 0.29) is 0 Å². The molecule has 0 aliphatic heterocycles. The minimum atomic E-state index is 0.824. The summed E-state index contributed by atoms with van der Waals surface area (Å²) >= 11 is 5.84. The fourth-order valence-corrected chi connectivity index (χ4v) is 3.77. The van der Waals surface area contributed by atoms with E-state index < -0.39 is 0 Å². The molecule has 0 N–H and O–H groups in total. The molecule has 0 unspecified atom stereocenters. The van der Waals surface area contributed by atoms with Gasteiger partial charge in [0.05, 0.1) is 0 Å². The van der Waals surface area contributed by atoms with E-state index in [4.69, 9.17) is 12.2 Å². The van der Waals surface area contributed by atoms with Crippen LogP contribution in [0.15, 0.2) is 121 Å². The van der Waals surface area contributed by atoms with Gasteiger partial charge in [0.1, 0.15) is 0 Å². The van der Waals surface area contributed by atoms with Crippen LogP contribution in [0.4, 0.5) is 0 Å². The summed E-state index contributed by atoms with van der Waals surface area (Å²) in [6, 6.07) is 39.8. The number of hydrogen-bond acceptors (Lipinski definition) is 1. The third-order valence-electron chi connectivity index (χ3n) is 5.18. The molecule has 0 aliphatic rings. The Bertz CT molecular complexity index is 1200. The smallest absolute Gasteiger partial charge is 0.0455 e. The van der Waals surface area contributed by atoms with E-state index in [0.717, 1.165) is 38.3 Å². The maximum absolute atomic E-state index is 5.84. The van der Waals surface area contributed by atoms with Crippen LogP contribution in [0.25, 0.3) is 17.2 Å². The third-order valence-corrected chi connectivity index (χ3v) is 5.54. The second-order valence-electron chi connectivity index (χ2n) is 7.49. The Morgan fingerprint density at radius 3 is 1.52 bits per heavy atom. The Morgan fingerprint density at radius 1 is 0.548 bits per heavy atom. The minimum absolute atomic E-state index is 0.824. The van der Waals surface area contributed by atoms with Crippen molar-refractivity contribution in [3.63, 3.8) is 0 Å². The van der Waals surface area contributed by atoms with Crippen molar-refractivity contribution in [3.05, 3.63) is 149 Å². The first-order chi connectivity index (χ1) is 15.2. The van der Waals surface area contributed by atoms with Crippen molar-refractivity contribution in [2.24, 2.45) is 0 Å². The Labute approximate surface area is 190 Å². The third kappa shape index (κ3) is 5.33. The van der Waals surface area contributed by atoms with Crippen LogP contribution in [0.2, 0.25) is 0 Å². The van der Waals surface area contributed by atoms with E-state index in [1.165, 1.54) is 5.56 Å². The molecule has 4 aromatic carbocycles. The maximum Gasteiger partial charge on any atom is 0.0455 e. The van der Waals surface area contributed by atoms with Crippen molar-refractivity contribution >= 4 is 34.3 Å². The maximum atomic E-state index is 5.84. The quantitative estimate of drug-likeness (QED) is 0.101. The Balaban J connectivity index is 1.91. The van der Waals surface area contributed by atoms with Gasteiger partial charge in [0.15, 0.2) is 0 Å². The van der Waals surface area contributed by atoms with E-state index in [0.29, 0.717) is 0 Å². The number of thiocarbonyl (C=S) groups is 1. The molecule has 0 amide bonds. The molecule has 150 valence electrons. The lowest BCUT2D eigenvalue weighted by Crippen LogP contribution is -1.98. The SMILES string of the molecule is Cc1ccc(/C=C(/C(=C\C(=S)c2ccccc2)c2ccccc2)c2ccccc2)cc1. The molecule has 0 bridgehead atoms. The molecule has 31 heavy (non-hydrogen) atoms. The molecule has 0 radical (unpaired) electrons. The highest BCUT2D eigenvalue weighted by Crippen LogP contribution is 2.33.